The van der Waals surface area contributed by atoms with Crippen molar-refractivity contribution in [3.63, 3.8) is 0 Å². The second-order valence-corrected chi connectivity index (χ2v) is 7.13. The van der Waals surface area contributed by atoms with Gasteiger partial charge in [0, 0.05) is 24.3 Å². The largest absolute Gasteiger partial charge is 0.465 e. The molecule has 0 spiro atoms. The van der Waals surface area contributed by atoms with Crippen LogP contribution in [0.25, 0.3) is 0 Å². The van der Waals surface area contributed by atoms with Crippen LogP contribution in [0.2, 0.25) is 0 Å². The van der Waals surface area contributed by atoms with Crippen LogP contribution in [0.5, 0.6) is 0 Å². The summed E-state index contributed by atoms with van der Waals surface area (Å²) in [5.41, 5.74) is 4.74. The number of hydrogen-bond acceptors (Lipinski definition) is 4. The van der Waals surface area contributed by atoms with E-state index in [4.69, 9.17) is 4.74 Å². The van der Waals surface area contributed by atoms with Gasteiger partial charge in [0.1, 0.15) is 0 Å². The average molecular weight is 380 g/mol. The molecular weight excluding hydrogens is 356 g/mol. The molecule has 1 fully saturated rings. The molecule has 2 aromatic rings. The number of amides is 2. The fourth-order valence-corrected chi connectivity index (χ4v) is 3.38. The first kappa shape index (κ1) is 19.6. The molecule has 2 aromatic carbocycles. The summed E-state index contributed by atoms with van der Waals surface area (Å²) in [4.78, 5) is 38.7. The number of methoxy groups -OCH3 is 1. The Bertz CT molecular complexity index is 952. The summed E-state index contributed by atoms with van der Waals surface area (Å²) in [6.07, 6.45) is 0.162. The van der Waals surface area contributed by atoms with E-state index in [1.54, 1.807) is 23.1 Å². The van der Waals surface area contributed by atoms with Gasteiger partial charge in [-0.3, -0.25) is 9.59 Å². The van der Waals surface area contributed by atoms with Gasteiger partial charge in [-0.1, -0.05) is 18.2 Å². The number of nitrogens with one attached hydrogen (secondary N) is 1. The Hall–Kier alpha value is -3.15. The van der Waals surface area contributed by atoms with Crippen LogP contribution in [-0.4, -0.2) is 31.4 Å². The summed E-state index contributed by atoms with van der Waals surface area (Å²) in [5.74, 6) is -1.21. The molecule has 1 atom stereocenters. The smallest absolute Gasteiger partial charge is 0.337 e. The molecule has 6 nitrogen and oxygen atoms in total. The van der Waals surface area contributed by atoms with Gasteiger partial charge in [0.15, 0.2) is 0 Å². The lowest BCUT2D eigenvalue weighted by molar-refractivity contribution is -0.122. The van der Waals surface area contributed by atoms with Crippen molar-refractivity contribution in [1.82, 2.24) is 0 Å². The van der Waals surface area contributed by atoms with Gasteiger partial charge in [-0.05, 0) is 55.7 Å². The third kappa shape index (κ3) is 3.76. The van der Waals surface area contributed by atoms with Gasteiger partial charge >= 0.3 is 5.97 Å². The van der Waals surface area contributed by atoms with E-state index in [9.17, 15) is 14.4 Å². The fourth-order valence-electron chi connectivity index (χ4n) is 3.38. The molecule has 1 aliphatic rings. The Balaban J connectivity index is 1.77. The monoisotopic (exact) mass is 380 g/mol. The second-order valence-electron chi connectivity index (χ2n) is 7.13. The predicted molar refractivity (Wildman–Crippen MR) is 108 cm³/mol. The van der Waals surface area contributed by atoms with Crippen molar-refractivity contribution in [2.45, 2.75) is 27.2 Å². The quantitative estimate of drug-likeness (QED) is 0.825. The molecule has 0 radical (unpaired) electrons. The molecular formula is C22H24N2O4. The van der Waals surface area contributed by atoms with E-state index in [0.29, 0.717) is 17.8 Å². The van der Waals surface area contributed by atoms with Crippen LogP contribution in [-0.2, 0) is 14.3 Å². The van der Waals surface area contributed by atoms with Gasteiger partial charge in [-0.15, -0.1) is 0 Å². The van der Waals surface area contributed by atoms with Crippen LogP contribution < -0.4 is 10.2 Å². The highest BCUT2D eigenvalue weighted by Gasteiger charge is 2.36. The fraction of sp³-hybridized carbons (Fsp3) is 0.318. The molecule has 0 saturated carbocycles. The van der Waals surface area contributed by atoms with Gasteiger partial charge < -0.3 is 15.0 Å². The Labute approximate surface area is 164 Å². The van der Waals surface area contributed by atoms with E-state index in [0.717, 1.165) is 22.4 Å². The lowest BCUT2D eigenvalue weighted by atomic mass is 10.1. The molecule has 0 aromatic heterocycles. The minimum atomic E-state index is -0.465. The molecule has 1 heterocycles. The van der Waals surface area contributed by atoms with Crippen molar-refractivity contribution < 1.29 is 19.1 Å². The van der Waals surface area contributed by atoms with Crippen LogP contribution in [0.15, 0.2) is 36.4 Å². The maximum absolute atomic E-state index is 12.8. The van der Waals surface area contributed by atoms with Gasteiger partial charge in [0.05, 0.1) is 18.6 Å². The van der Waals surface area contributed by atoms with Crippen molar-refractivity contribution >= 4 is 29.2 Å². The molecule has 1 aliphatic heterocycles. The number of hydrogen-bond donors (Lipinski definition) is 1. The molecule has 1 N–H and O–H groups in total. The zero-order valence-electron chi connectivity index (χ0n) is 16.5. The minimum Gasteiger partial charge on any atom is -0.465 e. The first-order valence-corrected chi connectivity index (χ1v) is 9.18. The number of nitrogens with zero attached hydrogens (tertiary/aromatic N) is 1. The number of carbonyl (C=O) groups is 3. The lowest BCUT2D eigenvalue weighted by Crippen LogP contribution is -2.29. The summed E-state index contributed by atoms with van der Waals surface area (Å²) >= 11 is 0. The van der Waals surface area contributed by atoms with E-state index in [2.05, 4.69) is 5.32 Å². The number of aryl methyl sites for hydroxylation is 2. The van der Waals surface area contributed by atoms with Crippen LogP contribution in [0.4, 0.5) is 11.4 Å². The molecule has 28 heavy (non-hydrogen) atoms. The molecule has 0 aliphatic carbocycles. The second kappa shape index (κ2) is 7.84. The first-order chi connectivity index (χ1) is 13.3. The van der Waals surface area contributed by atoms with Gasteiger partial charge in [0.25, 0.3) is 0 Å². The SMILES string of the molecule is COC(=O)c1ccc(C)c(NC(=O)[C@@H]2CC(=O)N(c3cccc(C)c3C)C2)c1. The van der Waals surface area contributed by atoms with Crippen molar-refractivity contribution in [3.05, 3.63) is 58.7 Å². The Morgan fingerprint density at radius 1 is 1.11 bits per heavy atom. The van der Waals surface area contributed by atoms with Crippen LogP contribution >= 0.6 is 0 Å². The molecule has 2 amide bonds. The van der Waals surface area contributed by atoms with Crippen LogP contribution in [0, 0.1) is 26.7 Å². The van der Waals surface area contributed by atoms with Crippen molar-refractivity contribution in [2.24, 2.45) is 5.92 Å². The zero-order chi connectivity index (χ0) is 20.4. The highest BCUT2D eigenvalue weighted by Crippen LogP contribution is 2.30. The predicted octanol–water partition coefficient (Wildman–Crippen LogP) is 3.39. The molecule has 6 heteroatoms. The van der Waals surface area contributed by atoms with E-state index in [1.807, 2.05) is 39.0 Å². The lowest BCUT2D eigenvalue weighted by Gasteiger charge is -2.20. The van der Waals surface area contributed by atoms with E-state index >= 15 is 0 Å². The van der Waals surface area contributed by atoms with Crippen molar-refractivity contribution in [3.8, 4) is 0 Å². The summed E-state index contributed by atoms with van der Waals surface area (Å²) in [6, 6.07) is 10.8. The summed E-state index contributed by atoms with van der Waals surface area (Å²) in [5, 5.41) is 2.86. The number of benzene rings is 2. The average Bonchev–Trinajstić information content (AvgIpc) is 3.06. The first-order valence-electron chi connectivity index (χ1n) is 9.18. The van der Waals surface area contributed by atoms with Gasteiger partial charge in [-0.25, -0.2) is 4.79 Å². The van der Waals surface area contributed by atoms with Gasteiger partial charge in [-0.2, -0.15) is 0 Å². The maximum atomic E-state index is 12.8. The number of anilines is 2. The Morgan fingerprint density at radius 3 is 2.57 bits per heavy atom. The van der Waals surface area contributed by atoms with Crippen molar-refractivity contribution in [2.75, 3.05) is 23.9 Å². The van der Waals surface area contributed by atoms with Crippen LogP contribution in [0.1, 0.15) is 33.5 Å². The molecule has 146 valence electrons. The minimum absolute atomic E-state index is 0.0612. The standard InChI is InChI=1S/C22H24N2O4/c1-13-6-5-7-19(15(13)3)24-12-17(11-20(24)25)21(26)23-18-10-16(22(27)28-4)9-8-14(18)2/h5-10,17H,11-12H2,1-4H3,(H,23,26)/t17-/m1/s1. The highest BCUT2D eigenvalue weighted by molar-refractivity contribution is 6.04. The number of esters is 1. The van der Waals surface area contributed by atoms with Gasteiger partial charge in [0.2, 0.25) is 11.8 Å². The molecule has 0 bridgehead atoms. The molecule has 3 rings (SSSR count). The Morgan fingerprint density at radius 2 is 1.86 bits per heavy atom. The summed E-state index contributed by atoms with van der Waals surface area (Å²) in [6.45, 7) is 6.16. The third-order valence-corrected chi connectivity index (χ3v) is 5.28. The summed E-state index contributed by atoms with van der Waals surface area (Å²) < 4.78 is 4.73. The molecule has 0 unspecified atom stereocenters. The Kier molecular flexibility index (Phi) is 5.49. The number of carbonyl (C=O) groups excluding carboxylic acids is 3. The molecule has 1 saturated heterocycles. The number of ether oxygens (including phenoxy) is 1. The topological polar surface area (TPSA) is 75.7 Å². The maximum Gasteiger partial charge on any atom is 0.337 e. The van der Waals surface area contributed by atoms with E-state index in [-0.39, 0.29) is 18.2 Å². The zero-order valence-corrected chi connectivity index (χ0v) is 16.5. The third-order valence-electron chi connectivity index (χ3n) is 5.28. The number of rotatable bonds is 4. The van der Waals surface area contributed by atoms with Crippen LogP contribution in [0.3, 0.4) is 0 Å². The van der Waals surface area contributed by atoms with Crippen molar-refractivity contribution in [1.29, 1.82) is 0 Å². The van der Waals surface area contributed by atoms with E-state index < -0.39 is 11.9 Å². The summed E-state index contributed by atoms with van der Waals surface area (Å²) in [7, 11) is 1.31. The normalized spacial score (nSPS) is 16.2. The highest BCUT2D eigenvalue weighted by atomic mass is 16.5. The van der Waals surface area contributed by atoms with E-state index in [1.165, 1.54) is 7.11 Å².